The fourth-order valence-corrected chi connectivity index (χ4v) is 3.84. The van der Waals surface area contributed by atoms with Crippen molar-refractivity contribution in [1.82, 2.24) is 9.80 Å². The van der Waals surface area contributed by atoms with Gasteiger partial charge in [-0.1, -0.05) is 30.3 Å². The molecular weight excluding hydrogens is 373 g/mol. The van der Waals surface area contributed by atoms with Crippen molar-refractivity contribution in [2.24, 2.45) is 0 Å². The van der Waals surface area contributed by atoms with E-state index < -0.39 is 17.6 Å². The third-order valence-corrected chi connectivity index (χ3v) is 5.31. The Morgan fingerprint density at radius 3 is 2.14 bits per heavy atom. The predicted octanol–water partition coefficient (Wildman–Crippen LogP) is 1.72. The number of aliphatic hydroxyl groups excluding tert-OH is 1. The lowest BCUT2D eigenvalue weighted by Gasteiger charge is -2.36. The number of hydrogen-bond acceptors (Lipinski definition) is 5. The molecule has 0 saturated carbocycles. The minimum atomic E-state index is -0.427. The van der Waals surface area contributed by atoms with E-state index in [4.69, 9.17) is 5.11 Å². The lowest BCUT2D eigenvalue weighted by molar-refractivity contribution is -0.120. The molecular formula is C22H22FN3O3. The van der Waals surface area contributed by atoms with Crippen LogP contribution in [0.2, 0.25) is 0 Å². The van der Waals surface area contributed by atoms with Crippen molar-refractivity contribution in [1.29, 1.82) is 0 Å². The van der Waals surface area contributed by atoms with Crippen LogP contribution < -0.4 is 4.90 Å². The molecule has 0 radical (unpaired) electrons. The van der Waals surface area contributed by atoms with Crippen LogP contribution in [0.5, 0.6) is 0 Å². The standard InChI is InChI=1S/C22H22FN3O3/c23-17-6-8-18(9-7-17)26-21(28)19(16-4-2-1-3-5-16)20(22(26)29)25-12-10-24(11-13-25)14-15-27/h1-9,27H,10-15H2. The molecule has 2 aromatic rings. The summed E-state index contributed by atoms with van der Waals surface area (Å²) in [4.78, 5) is 31.8. The third-order valence-electron chi connectivity index (χ3n) is 5.31. The van der Waals surface area contributed by atoms with E-state index in [1.54, 1.807) is 0 Å². The Morgan fingerprint density at radius 1 is 0.862 bits per heavy atom. The second kappa shape index (κ2) is 8.14. The van der Waals surface area contributed by atoms with Crippen molar-refractivity contribution in [2.45, 2.75) is 0 Å². The molecule has 1 saturated heterocycles. The highest BCUT2D eigenvalue weighted by Crippen LogP contribution is 2.35. The minimum Gasteiger partial charge on any atom is -0.395 e. The summed E-state index contributed by atoms with van der Waals surface area (Å²) in [7, 11) is 0. The maximum atomic E-state index is 13.3. The van der Waals surface area contributed by atoms with Crippen LogP contribution in [0.1, 0.15) is 5.56 Å². The van der Waals surface area contributed by atoms with Gasteiger partial charge in [0.1, 0.15) is 11.5 Å². The Labute approximate surface area is 168 Å². The first-order chi connectivity index (χ1) is 14.1. The molecule has 0 aromatic heterocycles. The van der Waals surface area contributed by atoms with Crippen molar-refractivity contribution in [3.05, 3.63) is 71.7 Å². The van der Waals surface area contributed by atoms with Gasteiger partial charge in [0, 0.05) is 32.7 Å². The zero-order valence-corrected chi connectivity index (χ0v) is 15.9. The highest BCUT2D eigenvalue weighted by atomic mass is 19.1. The first-order valence-electron chi connectivity index (χ1n) is 9.62. The zero-order valence-electron chi connectivity index (χ0n) is 15.9. The SMILES string of the molecule is O=C1C(c2ccccc2)=C(N2CCN(CCO)CC2)C(=O)N1c1ccc(F)cc1. The van der Waals surface area contributed by atoms with Crippen LogP contribution in [0, 0.1) is 5.82 Å². The lowest BCUT2D eigenvalue weighted by Crippen LogP contribution is -2.48. The van der Waals surface area contributed by atoms with E-state index in [9.17, 15) is 14.0 Å². The summed E-state index contributed by atoms with van der Waals surface area (Å²) in [5.74, 6) is -1.22. The maximum absolute atomic E-state index is 13.3. The third kappa shape index (κ3) is 3.66. The quantitative estimate of drug-likeness (QED) is 0.781. The van der Waals surface area contributed by atoms with Gasteiger partial charge in [0.05, 0.1) is 17.9 Å². The Bertz CT molecular complexity index is 936. The van der Waals surface area contributed by atoms with Crippen LogP contribution in [0.4, 0.5) is 10.1 Å². The summed E-state index contributed by atoms with van der Waals surface area (Å²) in [5, 5.41) is 9.15. The van der Waals surface area contributed by atoms with Gasteiger partial charge in [-0.3, -0.25) is 14.5 Å². The minimum absolute atomic E-state index is 0.0910. The van der Waals surface area contributed by atoms with Crippen LogP contribution in [0.15, 0.2) is 60.3 Å². The Morgan fingerprint density at radius 2 is 1.52 bits per heavy atom. The summed E-state index contributed by atoms with van der Waals surface area (Å²) in [6.07, 6.45) is 0. The van der Waals surface area contributed by atoms with Crippen LogP contribution in [0.3, 0.4) is 0 Å². The van der Waals surface area contributed by atoms with E-state index in [0.717, 1.165) is 4.90 Å². The molecule has 1 fully saturated rings. The molecule has 0 bridgehead atoms. The highest BCUT2D eigenvalue weighted by Gasteiger charge is 2.42. The van der Waals surface area contributed by atoms with Gasteiger partial charge in [0.2, 0.25) is 0 Å². The van der Waals surface area contributed by atoms with Gasteiger partial charge in [0.25, 0.3) is 11.8 Å². The van der Waals surface area contributed by atoms with Gasteiger partial charge < -0.3 is 10.0 Å². The second-order valence-electron chi connectivity index (χ2n) is 7.06. The fraction of sp³-hybridized carbons (Fsp3) is 0.273. The number of benzene rings is 2. The molecule has 2 aliphatic rings. The average molecular weight is 395 g/mol. The van der Waals surface area contributed by atoms with Gasteiger partial charge in [0.15, 0.2) is 0 Å². The molecule has 6 nitrogen and oxygen atoms in total. The number of imide groups is 1. The van der Waals surface area contributed by atoms with Gasteiger partial charge in [-0.05, 0) is 29.8 Å². The molecule has 0 spiro atoms. The molecule has 0 unspecified atom stereocenters. The molecule has 2 aromatic carbocycles. The highest BCUT2D eigenvalue weighted by molar-refractivity contribution is 6.45. The molecule has 4 rings (SSSR count). The molecule has 2 heterocycles. The molecule has 7 heteroatoms. The normalized spacial score (nSPS) is 18.1. The molecule has 29 heavy (non-hydrogen) atoms. The van der Waals surface area contributed by atoms with Crippen molar-refractivity contribution in [3.63, 3.8) is 0 Å². The number of anilines is 1. The van der Waals surface area contributed by atoms with Gasteiger partial charge in [-0.15, -0.1) is 0 Å². The van der Waals surface area contributed by atoms with E-state index in [1.807, 2.05) is 35.2 Å². The van der Waals surface area contributed by atoms with E-state index in [2.05, 4.69) is 4.90 Å². The van der Waals surface area contributed by atoms with Crippen LogP contribution >= 0.6 is 0 Å². The summed E-state index contributed by atoms with van der Waals surface area (Å²) in [6, 6.07) is 14.5. The summed E-state index contributed by atoms with van der Waals surface area (Å²) in [5.41, 5.74) is 1.79. The Hall–Kier alpha value is -3.03. The number of carbonyl (C=O) groups excluding carboxylic acids is 2. The van der Waals surface area contributed by atoms with Crippen LogP contribution in [-0.4, -0.2) is 66.1 Å². The predicted molar refractivity (Wildman–Crippen MR) is 107 cm³/mol. The Balaban J connectivity index is 1.72. The van der Waals surface area contributed by atoms with Gasteiger partial charge in [-0.2, -0.15) is 0 Å². The maximum Gasteiger partial charge on any atom is 0.282 e. The number of β-amino-alcohol motifs (C(OH)–C–C–N with tert-alkyl or cyclic N) is 1. The second-order valence-corrected chi connectivity index (χ2v) is 7.06. The number of rotatable bonds is 5. The topological polar surface area (TPSA) is 64.1 Å². The average Bonchev–Trinajstić information content (AvgIpc) is 3.00. The lowest BCUT2D eigenvalue weighted by atomic mass is 10.0. The van der Waals surface area contributed by atoms with E-state index in [1.165, 1.54) is 24.3 Å². The number of amides is 2. The number of halogens is 1. The van der Waals surface area contributed by atoms with Crippen molar-refractivity contribution < 1.29 is 19.1 Å². The summed E-state index contributed by atoms with van der Waals surface area (Å²) in [6.45, 7) is 3.25. The van der Waals surface area contributed by atoms with Crippen molar-refractivity contribution in [3.8, 4) is 0 Å². The van der Waals surface area contributed by atoms with E-state index >= 15 is 0 Å². The fourth-order valence-electron chi connectivity index (χ4n) is 3.84. The van der Waals surface area contributed by atoms with Crippen molar-refractivity contribution in [2.75, 3.05) is 44.2 Å². The first kappa shape index (κ1) is 19.3. The zero-order chi connectivity index (χ0) is 20.4. The molecule has 0 aliphatic carbocycles. The van der Waals surface area contributed by atoms with E-state index in [0.29, 0.717) is 55.2 Å². The van der Waals surface area contributed by atoms with Gasteiger partial charge >= 0.3 is 0 Å². The molecule has 1 N–H and O–H groups in total. The van der Waals surface area contributed by atoms with Gasteiger partial charge in [-0.25, -0.2) is 9.29 Å². The number of nitrogens with zero attached hydrogens (tertiary/aromatic N) is 3. The number of hydrogen-bond donors (Lipinski definition) is 1. The van der Waals surface area contributed by atoms with Crippen LogP contribution in [0.25, 0.3) is 5.57 Å². The number of piperazine rings is 1. The van der Waals surface area contributed by atoms with E-state index in [-0.39, 0.29) is 6.61 Å². The first-order valence-corrected chi connectivity index (χ1v) is 9.62. The van der Waals surface area contributed by atoms with Crippen molar-refractivity contribution >= 4 is 23.1 Å². The number of aliphatic hydroxyl groups is 1. The summed E-state index contributed by atoms with van der Waals surface area (Å²) >= 11 is 0. The van der Waals surface area contributed by atoms with Crippen LogP contribution in [-0.2, 0) is 9.59 Å². The number of carbonyl (C=O) groups is 2. The molecule has 150 valence electrons. The summed E-state index contributed by atoms with van der Waals surface area (Å²) < 4.78 is 13.3. The molecule has 0 atom stereocenters. The smallest absolute Gasteiger partial charge is 0.282 e. The Kier molecular flexibility index (Phi) is 5.42. The molecule has 2 aliphatic heterocycles. The monoisotopic (exact) mass is 395 g/mol. The molecule has 2 amide bonds. The largest absolute Gasteiger partial charge is 0.395 e.